The zero-order valence-corrected chi connectivity index (χ0v) is 45.9. The summed E-state index contributed by atoms with van der Waals surface area (Å²) in [5, 5.41) is 9.31. The minimum Gasteiger partial charge on any atom is -0.457 e. The summed E-state index contributed by atoms with van der Waals surface area (Å²) in [5.41, 5.74) is 7.69. The van der Waals surface area contributed by atoms with Gasteiger partial charge in [0.15, 0.2) is 0 Å². The average Bonchev–Trinajstić information content (AvgIpc) is 2.39. The van der Waals surface area contributed by atoms with Crippen LogP contribution in [0.5, 0.6) is 23.0 Å². The number of imide groups is 2. The monoisotopic (exact) mass is 1030 g/mol. The number of nitrogens with zero attached hydrogens (tertiary/aromatic N) is 2. The van der Waals surface area contributed by atoms with Gasteiger partial charge in [-0.2, -0.15) is 0 Å². The topological polar surface area (TPSA) is 122 Å². The number of rotatable bonds is 13. The van der Waals surface area contributed by atoms with Crippen molar-refractivity contribution in [3.05, 3.63) is 179 Å². The highest BCUT2D eigenvalue weighted by atomic mass is 16.5. The molecule has 5 amide bonds. The molecule has 0 aliphatic carbocycles. The maximum absolute atomic E-state index is 15.7. The van der Waals surface area contributed by atoms with Gasteiger partial charge in [-0.25, -0.2) is 4.90 Å². The van der Waals surface area contributed by atoms with Crippen molar-refractivity contribution >= 4 is 84.0 Å². The number of anilines is 2. The summed E-state index contributed by atoms with van der Waals surface area (Å²) < 4.78 is 14.2. The Morgan fingerprint density at radius 1 is 0.526 bits per heavy atom. The summed E-state index contributed by atoms with van der Waals surface area (Å²) in [7, 11) is 0. The van der Waals surface area contributed by atoms with Gasteiger partial charge in [0.25, 0.3) is 23.6 Å². The lowest BCUT2D eigenvalue weighted by molar-refractivity contribution is -0.137. The molecule has 11 rings (SSSR count). The smallest absolute Gasteiger partial charge is 0.266 e. The van der Waals surface area contributed by atoms with Crippen LogP contribution < -0.4 is 19.7 Å². The van der Waals surface area contributed by atoms with E-state index >= 15 is 9.59 Å². The maximum Gasteiger partial charge on any atom is 0.266 e. The summed E-state index contributed by atoms with van der Waals surface area (Å²) in [6.07, 6.45) is 2.96. The Morgan fingerprint density at radius 2 is 1.01 bits per heavy atom. The molecule has 0 unspecified atom stereocenters. The molecular weight excluding hydrogens is 971 g/mol. The number of carbonyl (C=O) groups is 5. The summed E-state index contributed by atoms with van der Waals surface area (Å²) >= 11 is 0. The fraction of sp³-hybridized carbons (Fsp3) is 0.250. The first-order chi connectivity index (χ1) is 37.2. The van der Waals surface area contributed by atoms with E-state index in [9.17, 15) is 14.4 Å². The normalized spacial score (nSPS) is 13.9. The molecule has 9 aromatic carbocycles. The maximum atomic E-state index is 15.7. The second-order valence-corrected chi connectivity index (χ2v) is 23.4. The van der Waals surface area contributed by atoms with Gasteiger partial charge in [0.2, 0.25) is 5.91 Å². The summed E-state index contributed by atoms with van der Waals surface area (Å²) in [5.74, 6) is 0.309. The van der Waals surface area contributed by atoms with Crippen molar-refractivity contribution in [2.45, 2.75) is 105 Å². The number of fused-ring (bicyclic) bond motifs is 2. The first-order valence-electron chi connectivity index (χ1n) is 26.9. The molecule has 0 fully saturated rings. The minimum absolute atomic E-state index is 0.00379. The van der Waals surface area contributed by atoms with Gasteiger partial charge in [0, 0.05) is 52.3 Å². The predicted octanol–water partition coefficient (Wildman–Crippen LogP) is 16.3. The van der Waals surface area contributed by atoms with Crippen molar-refractivity contribution in [3.8, 4) is 34.1 Å². The van der Waals surface area contributed by atoms with Gasteiger partial charge in [0.1, 0.15) is 23.0 Å². The first-order valence-corrected chi connectivity index (χ1v) is 26.9. The molecule has 0 bridgehead atoms. The Morgan fingerprint density at radius 3 is 1.51 bits per heavy atom. The van der Waals surface area contributed by atoms with Crippen molar-refractivity contribution in [2.24, 2.45) is 0 Å². The molecule has 78 heavy (non-hydrogen) atoms. The van der Waals surface area contributed by atoms with E-state index in [0.717, 1.165) is 70.6 Å². The number of amides is 5. The van der Waals surface area contributed by atoms with Gasteiger partial charge in [-0.3, -0.25) is 28.9 Å². The Hall–Kier alpha value is -8.63. The van der Waals surface area contributed by atoms with Gasteiger partial charge < -0.3 is 14.8 Å². The molecule has 1 N–H and O–H groups in total. The highest BCUT2D eigenvalue weighted by Gasteiger charge is 2.40. The fourth-order valence-corrected chi connectivity index (χ4v) is 11.3. The van der Waals surface area contributed by atoms with E-state index in [4.69, 9.17) is 9.47 Å². The molecule has 2 aliphatic heterocycles. The minimum atomic E-state index is -0.425. The van der Waals surface area contributed by atoms with Crippen LogP contribution in [0.25, 0.3) is 54.2 Å². The van der Waals surface area contributed by atoms with Crippen LogP contribution in [0.3, 0.4) is 0 Å². The number of hydrogen-bond acceptors (Lipinski definition) is 7. The molecule has 0 saturated heterocycles. The molecule has 0 spiro atoms. The van der Waals surface area contributed by atoms with Crippen molar-refractivity contribution < 1.29 is 33.4 Å². The van der Waals surface area contributed by atoms with Crippen LogP contribution in [-0.4, -0.2) is 41.0 Å². The quantitative estimate of drug-likeness (QED) is 0.0693. The highest BCUT2D eigenvalue weighted by molar-refractivity contribution is 6.44. The number of nitrogens with one attached hydrogen (secondary N) is 1. The van der Waals surface area contributed by atoms with Crippen LogP contribution in [0.4, 0.5) is 11.4 Å². The van der Waals surface area contributed by atoms with Crippen LogP contribution in [0.2, 0.25) is 0 Å². The van der Waals surface area contributed by atoms with E-state index in [-0.39, 0.29) is 53.4 Å². The Kier molecular flexibility index (Phi) is 12.8. The lowest BCUT2D eigenvalue weighted by atomic mass is 9.82. The number of ether oxygens (including phenoxy) is 2. The third kappa shape index (κ3) is 9.02. The third-order valence-electron chi connectivity index (χ3n) is 15.4. The molecule has 0 radical (unpaired) electrons. The molecule has 2 aliphatic rings. The molecule has 0 aromatic heterocycles. The molecule has 392 valence electrons. The van der Waals surface area contributed by atoms with Crippen molar-refractivity contribution in [2.75, 3.05) is 16.8 Å². The van der Waals surface area contributed by atoms with Gasteiger partial charge in [-0.1, -0.05) is 154 Å². The van der Waals surface area contributed by atoms with E-state index in [1.54, 1.807) is 0 Å². The molecule has 10 nitrogen and oxygen atoms in total. The summed E-state index contributed by atoms with van der Waals surface area (Å²) in [6, 6.07) is 44.0. The van der Waals surface area contributed by atoms with E-state index in [1.807, 2.05) is 84.9 Å². The fourth-order valence-electron chi connectivity index (χ4n) is 11.3. The van der Waals surface area contributed by atoms with E-state index < -0.39 is 11.8 Å². The number of hydrogen-bond donors (Lipinski definition) is 1. The van der Waals surface area contributed by atoms with Crippen LogP contribution in [-0.2, 0) is 25.2 Å². The Bertz CT molecular complexity index is 3790. The second kappa shape index (κ2) is 19.4. The molecule has 2 heterocycles. The molecule has 0 saturated carbocycles. The lowest BCUT2D eigenvalue weighted by Crippen LogP contribution is -2.42. The third-order valence-corrected chi connectivity index (χ3v) is 15.4. The lowest BCUT2D eigenvalue weighted by Gasteiger charge is -2.33. The van der Waals surface area contributed by atoms with E-state index in [2.05, 4.69) is 123 Å². The van der Waals surface area contributed by atoms with E-state index in [0.29, 0.717) is 62.7 Å². The molecule has 0 atom stereocenters. The first kappa shape index (κ1) is 51.5. The van der Waals surface area contributed by atoms with Gasteiger partial charge in [-0.05, 0) is 133 Å². The SMILES string of the molecule is CC(C)c1cccc(C(C)C)c1N1C(=O)c2cc(Oc3ccc(C(C)(C)C)cc3)c3c4cccc5c(-c6ccc(NC(=O)CCCN7C(=O)C=CC7=O)cc6)ccc(c6c(Oc7ccc(C(C)(C)C)cc7)cc(c2c36)C1=O)c54. The van der Waals surface area contributed by atoms with Crippen LogP contribution in [0, 0.1) is 0 Å². The van der Waals surface area contributed by atoms with Crippen molar-refractivity contribution in [3.63, 3.8) is 0 Å². The Balaban J connectivity index is 1.13. The molecule has 10 heteroatoms. The second-order valence-electron chi connectivity index (χ2n) is 23.4. The van der Waals surface area contributed by atoms with Crippen molar-refractivity contribution in [1.29, 1.82) is 0 Å². The number of benzene rings is 9. The standard InChI is InChI=1S/C68H63N3O7/c1-38(2)46-14-11-15-47(39(3)4)64(46)71-65(75)52-36-54(77-44-27-21-41(22-28-44)67(5,6)7)61-50-17-12-16-49-48(40-19-25-43(26-20-40)69-56(72)18-13-35-70-57(73)33-34-58(70)74)31-32-51(59(49)50)62-55(37-53(66(71)76)60(52)63(61)62)78-45-29-23-42(24-30-45)68(8,9)10/h11-12,14-17,19-34,36-39H,13,18,35H2,1-10H3,(H,69,72). The zero-order valence-electron chi connectivity index (χ0n) is 45.9. The average molecular weight is 1030 g/mol. The highest BCUT2D eigenvalue weighted by Crippen LogP contribution is 2.54. The summed E-state index contributed by atoms with van der Waals surface area (Å²) in [6.45, 7) is 21.5. The molecule has 9 aromatic rings. The van der Waals surface area contributed by atoms with Crippen LogP contribution >= 0.6 is 0 Å². The zero-order chi connectivity index (χ0) is 55.1. The van der Waals surface area contributed by atoms with E-state index in [1.165, 1.54) is 17.1 Å². The van der Waals surface area contributed by atoms with Gasteiger partial charge in [0.05, 0.1) is 16.8 Å². The predicted molar refractivity (Wildman–Crippen MR) is 313 cm³/mol. The Labute approximate surface area is 455 Å². The van der Waals surface area contributed by atoms with Crippen molar-refractivity contribution in [1.82, 2.24) is 4.90 Å². The number of para-hydroxylation sites is 1. The van der Waals surface area contributed by atoms with Gasteiger partial charge in [-0.15, -0.1) is 0 Å². The van der Waals surface area contributed by atoms with Crippen LogP contribution in [0.15, 0.2) is 146 Å². The van der Waals surface area contributed by atoms with Gasteiger partial charge >= 0.3 is 0 Å². The number of carbonyl (C=O) groups excluding carboxylic acids is 5. The molecular formula is C68H63N3O7. The summed E-state index contributed by atoms with van der Waals surface area (Å²) in [4.78, 5) is 71.1. The van der Waals surface area contributed by atoms with Crippen LogP contribution in [0.1, 0.15) is 137 Å². The largest absolute Gasteiger partial charge is 0.457 e.